The van der Waals surface area contributed by atoms with Gasteiger partial charge in [-0.25, -0.2) is 0 Å². The Hall–Kier alpha value is -6.18. The molecule has 1 nitrogen and oxygen atoms in total. The van der Waals surface area contributed by atoms with Crippen LogP contribution in [0.25, 0.3) is 27.8 Å². The number of fused-ring (bicyclic) bond motifs is 5. The molecule has 0 unspecified atom stereocenters. The molecule has 53 heavy (non-hydrogen) atoms. The second-order valence-electron chi connectivity index (χ2n) is 15.2. The number of hydrogen-bond donors (Lipinski definition) is 0. The zero-order valence-electron chi connectivity index (χ0n) is 30.3. The summed E-state index contributed by atoms with van der Waals surface area (Å²) in [4.78, 5) is 2.50. The lowest BCUT2D eigenvalue weighted by molar-refractivity contribution is 0.607. The van der Waals surface area contributed by atoms with Gasteiger partial charge in [-0.1, -0.05) is 177 Å². The van der Waals surface area contributed by atoms with E-state index in [4.69, 9.17) is 0 Å². The SMILES string of the molecule is CC1(C)C2=C(C=CCC2)c2ccc(N(c3cccc(C4(c5ccccc5)c5ccccc5-c5ccccc54)c3)c3ccccc3-c3ccccc3)cc21. The van der Waals surface area contributed by atoms with E-state index in [0.717, 1.165) is 24.2 Å². The van der Waals surface area contributed by atoms with Gasteiger partial charge in [-0.05, 0) is 98.8 Å². The number of para-hydroxylation sites is 1. The molecule has 0 bridgehead atoms. The smallest absolute Gasteiger partial charge is 0.0714 e. The van der Waals surface area contributed by atoms with E-state index in [1.165, 1.54) is 66.9 Å². The Morgan fingerprint density at radius 3 is 1.81 bits per heavy atom. The highest BCUT2D eigenvalue weighted by Crippen LogP contribution is 2.57. The van der Waals surface area contributed by atoms with Crippen LogP contribution in [0, 0.1) is 0 Å². The van der Waals surface area contributed by atoms with E-state index in [2.05, 4.69) is 207 Å². The summed E-state index contributed by atoms with van der Waals surface area (Å²) in [5.41, 5.74) is 18.9. The third-order valence-corrected chi connectivity index (χ3v) is 12.1. The molecule has 0 radical (unpaired) electrons. The number of nitrogens with zero attached hydrogens (tertiary/aromatic N) is 1. The molecule has 7 aromatic rings. The van der Waals surface area contributed by atoms with E-state index in [-0.39, 0.29) is 5.41 Å². The first kappa shape index (κ1) is 31.5. The summed E-state index contributed by atoms with van der Waals surface area (Å²) in [6.45, 7) is 4.83. The van der Waals surface area contributed by atoms with Gasteiger partial charge in [0.2, 0.25) is 0 Å². The molecule has 0 saturated heterocycles. The van der Waals surface area contributed by atoms with Crippen LogP contribution in [0.15, 0.2) is 194 Å². The van der Waals surface area contributed by atoms with Crippen molar-refractivity contribution in [2.75, 3.05) is 4.90 Å². The van der Waals surface area contributed by atoms with Gasteiger partial charge >= 0.3 is 0 Å². The number of rotatable bonds is 6. The Balaban J connectivity index is 1.23. The van der Waals surface area contributed by atoms with Gasteiger partial charge in [0.05, 0.1) is 11.1 Å². The minimum Gasteiger partial charge on any atom is -0.310 e. The predicted octanol–water partition coefficient (Wildman–Crippen LogP) is 13.6. The quantitative estimate of drug-likeness (QED) is 0.169. The van der Waals surface area contributed by atoms with Crippen molar-refractivity contribution in [3.05, 3.63) is 227 Å². The molecule has 10 rings (SSSR count). The van der Waals surface area contributed by atoms with Crippen LogP contribution in [-0.4, -0.2) is 0 Å². The molecule has 0 saturated carbocycles. The largest absolute Gasteiger partial charge is 0.310 e. The van der Waals surface area contributed by atoms with Crippen molar-refractivity contribution in [2.45, 2.75) is 37.5 Å². The van der Waals surface area contributed by atoms with Crippen molar-refractivity contribution in [1.82, 2.24) is 0 Å². The van der Waals surface area contributed by atoms with Gasteiger partial charge in [-0.15, -0.1) is 0 Å². The Labute approximate surface area is 313 Å². The predicted molar refractivity (Wildman–Crippen MR) is 222 cm³/mol. The summed E-state index contributed by atoms with van der Waals surface area (Å²) in [6, 6.07) is 65.3. The standard InChI is InChI=1S/C52H41N/c1-51(2)46-28-13-9-25-42(46)45-33-32-40(35-49(45)51)53(50-31-16-12-24-41(50)36-18-5-3-6-19-36)39-23-17-22-38(34-39)52(37-20-7-4-8-21-37)47-29-14-10-26-43(47)44-27-11-15-30-48(44)52/h3-12,14-27,29-35H,13,28H2,1-2H3. The highest BCUT2D eigenvalue weighted by atomic mass is 15.1. The molecule has 0 spiro atoms. The van der Waals surface area contributed by atoms with E-state index >= 15 is 0 Å². The zero-order chi connectivity index (χ0) is 35.6. The first-order valence-electron chi connectivity index (χ1n) is 18.9. The van der Waals surface area contributed by atoms with Crippen LogP contribution in [0.5, 0.6) is 0 Å². The fraction of sp³-hybridized carbons (Fsp3) is 0.115. The number of allylic oxidation sites excluding steroid dienone is 4. The topological polar surface area (TPSA) is 3.24 Å². The fourth-order valence-electron chi connectivity index (χ4n) is 9.70. The molecule has 3 aliphatic rings. The van der Waals surface area contributed by atoms with E-state index < -0.39 is 5.41 Å². The van der Waals surface area contributed by atoms with Crippen molar-refractivity contribution < 1.29 is 0 Å². The van der Waals surface area contributed by atoms with Crippen LogP contribution in [0.1, 0.15) is 60.1 Å². The highest BCUT2D eigenvalue weighted by molar-refractivity contribution is 5.93. The summed E-state index contributed by atoms with van der Waals surface area (Å²) in [6.07, 6.45) is 6.93. The molecule has 0 atom stereocenters. The van der Waals surface area contributed by atoms with Gasteiger partial charge in [-0.3, -0.25) is 0 Å². The number of anilines is 3. The van der Waals surface area contributed by atoms with Crippen molar-refractivity contribution in [1.29, 1.82) is 0 Å². The summed E-state index contributed by atoms with van der Waals surface area (Å²) in [5, 5.41) is 0. The van der Waals surface area contributed by atoms with Gasteiger partial charge < -0.3 is 4.90 Å². The molecule has 1 heteroatoms. The Bertz CT molecular complexity index is 2540. The van der Waals surface area contributed by atoms with Crippen LogP contribution in [0.4, 0.5) is 17.1 Å². The van der Waals surface area contributed by atoms with Gasteiger partial charge in [0.25, 0.3) is 0 Å². The zero-order valence-corrected chi connectivity index (χ0v) is 30.3. The van der Waals surface area contributed by atoms with Crippen LogP contribution >= 0.6 is 0 Å². The summed E-state index contributed by atoms with van der Waals surface area (Å²) in [7, 11) is 0. The van der Waals surface area contributed by atoms with Gasteiger partial charge in [0, 0.05) is 22.4 Å². The average molecular weight is 680 g/mol. The maximum Gasteiger partial charge on any atom is 0.0714 e. The van der Waals surface area contributed by atoms with Crippen molar-refractivity contribution >= 4 is 22.6 Å². The molecule has 0 heterocycles. The first-order chi connectivity index (χ1) is 26.1. The van der Waals surface area contributed by atoms with Crippen LogP contribution < -0.4 is 4.90 Å². The lowest BCUT2D eigenvalue weighted by Crippen LogP contribution is -2.28. The second kappa shape index (κ2) is 12.2. The molecular formula is C52H41N. The van der Waals surface area contributed by atoms with Crippen LogP contribution in [0.3, 0.4) is 0 Å². The maximum atomic E-state index is 2.50. The fourth-order valence-corrected chi connectivity index (χ4v) is 9.70. The van der Waals surface area contributed by atoms with Crippen molar-refractivity contribution in [2.24, 2.45) is 0 Å². The monoisotopic (exact) mass is 679 g/mol. The average Bonchev–Trinajstić information content (AvgIpc) is 3.65. The molecule has 254 valence electrons. The van der Waals surface area contributed by atoms with Crippen molar-refractivity contribution in [3.63, 3.8) is 0 Å². The van der Waals surface area contributed by atoms with Crippen molar-refractivity contribution in [3.8, 4) is 22.3 Å². The van der Waals surface area contributed by atoms with E-state index in [9.17, 15) is 0 Å². The summed E-state index contributed by atoms with van der Waals surface area (Å²) in [5.74, 6) is 0. The molecular weight excluding hydrogens is 639 g/mol. The number of hydrogen-bond acceptors (Lipinski definition) is 1. The van der Waals surface area contributed by atoms with E-state index in [0.29, 0.717) is 0 Å². The van der Waals surface area contributed by atoms with Gasteiger partial charge in [-0.2, -0.15) is 0 Å². The normalized spacial score (nSPS) is 15.7. The molecule has 7 aromatic carbocycles. The minimum atomic E-state index is -0.482. The highest BCUT2D eigenvalue weighted by Gasteiger charge is 2.46. The first-order valence-corrected chi connectivity index (χ1v) is 18.9. The third-order valence-electron chi connectivity index (χ3n) is 12.1. The molecule has 0 aliphatic heterocycles. The minimum absolute atomic E-state index is 0.0352. The lowest BCUT2D eigenvalue weighted by Gasteiger charge is -2.35. The second-order valence-corrected chi connectivity index (χ2v) is 15.2. The van der Waals surface area contributed by atoms with Crippen LogP contribution in [0.2, 0.25) is 0 Å². The molecule has 0 aromatic heterocycles. The molecule has 0 N–H and O–H groups in total. The Morgan fingerprint density at radius 2 is 1.08 bits per heavy atom. The summed E-state index contributed by atoms with van der Waals surface area (Å²) >= 11 is 0. The maximum absolute atomic E-state index is 2.50. The molecule has 3 aliphatic carbocycles. The molecule has 0 amide bonds. The van der Waals surface area contributed by atoms with Crippen LogP contribution in [-0.2, 0) is 10.8 Å². The lowest BCUT2D eigenvalue weighted by atomic mass is 9.67. The van der Waals surface area contributed by atoms with E-state index in [1.54, 1.807) is 5.57 Å². The molecule has 0 fully saturated rings. The Kier molecular flexibility index (Phi) is 7.27. The van der Waals surface area contributed by atoms with E-state index in [1.807, 2.05) is 0 Å². The van der Waals surface area contributed by atoms with Gasteiger partial charge in [0.1, 0.15) is 0 Å². The Morgan fingerprint density at radius 1 is 0.472 bits per heavy atom. The number of benzene rings is 7. The van der Waals surface area contributed by atoms with Gasteiger partial charge in [0.15, 0.2) is 0 Å². The third kappa shape index (κ3) is 4.70. The summed E-state index contributed by atoms with van der Waals surface area (Å²) < 4.78 is 0.